The lowest BCUT2D eigenvalue weighted by Gasteiger charge is -2.12. The van der Waals surface area contributed by atoms with E-state index in [1.807, 2.05) is 0 Å². The van der Waals surface area contributed by atoms with Gasteiger partial charge >= 0.3 is 6.18 Å². The predicted octanol–water partition coefficient (Wildman–Crippen LogP) is 4.13. The molecule has 0 saturated carbocycles. The summed E-state index contributed by atoms with van der Waals surface area (Å²) in [5.74, 6) is -1.59. The second-order valence-electron chi connectivity index (χ2n) is 6.88. The highest BCUT2D eigenvalue weighted by molar-refractivity contribution is 7.21. The quantitative estimate of drug-likeness (QED) is 0.435. The zero-order chi connectivity index (χ0) is 23.8. The molecule has 12 heteroatoms. The smallest absolute Gasteiger partial charge is 0.365 e. The number of rotatable bonds is 6. The van der Waals surface area contributed by atoms with E-state index in [0.717, 1.165) is 6.07 Å². The van der Waals surface area contributed by atoms with Gasteiger partial charge in [0.15, 0.2) is 5.69 Å². The lowest BCUT2D eigenvalue weighted by atomic mass is 10.0. The topological polar surface area (TPSA) is 112 Å². The summed E-state index contributed by atoms with van der Waals surface area (Å²) in [7, 11) is 1.46. The molecule has 0 aliphatic rings. The molecule has 1 aromatic carbocycles. The molecular formula is C21H16F3N5O3S. The van der Waals surface area contributed by atoms with E-state index in [4.69, 9.17) is 10.5 Å². The Morgan fingerprint density at radius 1 is 1.21 bits per heavy atom. The van der Waals surface area contributed by atoms with E-state index in [1.165, 1.54) is 24.1 Å². The van der Waals surface area contributed by atoms with Crippen LogP contribution >= 0.6 is 11.3 Å². The number of alkyl halides is 3. The van der Waals surface area contributed by atoms with Crippen molar-refractivity contribution in [2.45, 2.75) is 12.9 Å². The first-order chi connectivity index (χ1) is 15.7. The molecule has 0 unspecified atom stereocenters. The molecule has 33 heavy (non-hydrogen) atoms. The van der Waals surface area contributed by atoms with E-state index in [-0.39, 0.29) is 38.8 Å². The number of amides is 2. The number of nitrogens with one attached hydrogen (secondary N) is 1. The van der Waals surface area contributed by atoms with Gasteiger partial charge in [-0.05, 0) is 23.3 Å². The van der Waals surface area contributed by atoms with Gasteiger partial charge in [-0.15, -0.1) is 11.3 Å². The number of pyridine rings is 1. The Hall–Kier alpha value is -3.77. The summed E-state index contributed by atoms with van der Waals surface area (Å²) in [5.41, 5.74) is 4.96. The van der Waals surface area contributed by atoms with Crippen LogP contribution in [0.1, 0.15) is 25.9 Å². The molecule has 170 valence electrons. The maximum atomic E-state index is 13.5. The van der Waals surface area contributed by atoms with Crippen LogP contribution in [-0.4, -0.2) is 33.7 Å². The molecule has 3 heterocycles. The van der Waals surface area contributed by atoms with Crippen molar-refractivity contribution in [1.29, 1.82) is 0 Å². The molecule has 0 aliphatic carbocycles. The number of benzene rings is 1. The Kier molecular flexibility index (Phi) is 5.87. The minimum atomic E-state index is -4.72. The zero-order valence-electron chi connectivity index (χ0n) is 17.0. The van der Waals surface area contributed by atoms with Gasteiger partial charge in [0, 0.05) is 18.7 Å². The van der Waals surface area contributed by atoms with Crippen LogP contribution in [0.25, 0.3) is 21.3 Å². The highest BCUT2D eigenvalue weighted by Gasteiger charge is 2.35. The summed E-state index contributed by atoms with van der Waals surface area (Å²) in [6.07, 6.45) is -3.20. The molecule has 0 bridgehead atoms. The van der Waals surface area contributed by atoms with Gasteiger partial charge in [0.2, 0.25) is 0 Å². The molecule has 8 nitrogen and oxygen atoms in total. The second kappa shape index (κ2) is 8.64. The molecule has 0 aliphatic heterocycles. The number of anilines is 1. The third-order valence-corrected chi connectivity index (χ3v) is 5.73. The third-order valence-electron chi connectivity index (χ3n) is 4.63. The molecule has 0 radical (unpaired) electrons. The van der Waals surface area contributed by atoms with Crippen molar-refractivity contribution in [1.82, 2.24) is 14.8 Å². The number of halogens is 3. The zero-order valence-corrected chi connectivity index (χ0v) is 17.8. The van der Waals surface area contributed by atoms with Gasteiger partial charge in [-0.3, -0.25) is 9.59 Å². The average molecular weight is 475 g/mol. The fraction of sp³-hybridized carbons (Fsp3) is 0.143. The van der Waals surface area contributed by atoms with E-state index >= 15 is 0 Å². The number of carbonyl (C=O) groups excluding carboxylic acids is 2. The highest BCUT2D eigenvalue weighted by Crippen LogP contribution is 2.43. The molecule has 4 rings (SSSR count). The number of hydrogen-bond donors (Lipinski definition) is 2. The van der Waals surface area contributed by atoms with Crippen LogP contribution < -0.4 is 11.1 Å². The number of nitrogens with two attached hydrogens (primary N) is 1. The Bertz CT molecular complexity index is 1350. The number of methoxy groups -OCH3 is 1. The van der Waals surface area contributed by atoms with Crippen molar-refractivity contribution in [3.8, 4) is 11.1 Å². The predicted molar refractivity (Wildman–Crippen MR) is 116 cm³/mol. The molecule has 4 aromatic rings. The number of fused-ring (bicyclic) bond motifs is 1. The Labute approximate surface area is 188 Å². The van der Waals surface area contributed by atoms with Gasteiger partial charge in [-0.2, -0.15) is 18.3 Å². The maximum absolute atomic E-state index is 13.5. The Balaban J connectivity index is 1.91. The van der Waals surface area contributed by atoms with Gasteiger partial charge in [0.1, 0.15) is 22.1 Å². The van der Waals surface area contributed by atoms with Gasteiger partial charge in [-0.25, -0.2) is 9.67 Å². The van der Waals surface area contributed by atoms with Gasteiger partial charge < -0.3 is 15.8 Å². The number of carbonyl (C=O) groups is 2. The van der Waals surface area contributed by atoms with E-state index in [1.54, 1.807) is 30.3 Å². The number of thiophene rings is 1. The Morgan fingerprint density at radius 3 is 2.58 bits per heavy atom. The van der Waals surface area contributed by atoms with Crippen molar-refractivity contribution < 1.29 is 27.5 Å². The lowest BCUT2D eigenvalue weighted by molar-refractivity contribution is -0.140. The molecule has 0 saturated heterocycles. The van der Waals surface area contributed by atoms with Crippen molar-refractivity contribution in [2.24, 2.45) is 5.73 Å². The Morgan fingerprint density at radius 2 is 1.94 bits per heavy atom. The number of nitrogens with zero attached hydrogens (tertiary/aromatic N) is 3. The molecule has 2 amide bonds. The van der Waals surface area contributed by atoms with E-state index in [9.17, 15) is 22.8 Å². The normalized spacial score (nSPS) is 11.6. The van der Waals surface area contributed by atoms with Crippen LogP contribution in [0.3, 0.4) is 0 Å². The standard InChI is InChI=1S/C21H16F3N5O3S/c1-32-10-29-8-7-13(28-29)19(31)27-16-15-12(11-5-3-2-4-6-11)9-14(21(22,23)24)26-20(15)33-17(16)18(25)30/h2-9H,10H2,1H3,(H2,25,30)(H,27,31). The third kappa shape index (κ3) is 4.43. The summed E-state index contributed by atoms with van der Waals surface area (Å²) in [4.78, 5) is 28.5. The van der Waals surface area contributed by atoms with E-state index in [0.29, 0.717) is 16.9 Å². The average Bonchev–Trinajstić information content (AvgIpc) is 3.38. The number of hydrogen-bond acceptors (Lipinski definition) is 6. The minimum Gasteiger partial charge on any atom is -0.365 e. The molecule has 0 fully saturated rings. The van der Waals surface area contributed by atoms with Crippen LogP contribution in [0.15, 0.2) is 48.7 Å². The number of aromatic nitrogens is 3. The van der Waals surface area contributed by atoms with Crippen molar-refractivity contribution in [2.75, 3.05) is 12.4 Å². The number of ether oxygens (including phenoxy) is 1. The number of primary amides is 1. The second-order valence-corrected chi connectivity index (χ2v) is 7.88. The SMILES string of the molecule is COCn1ccc(C(=O)Nc2c(C(N)=O)sc3nc(C(F)(F)F)cc(-c4ccccc4)c23)n1. The summed E-state index contributed by atoms with van der Waals surface area (Å²) in [6, 6.07) is 10.6. The molecular weight excluding hydrogens is 459 g/mol. The first-order valence-corrected chi connectivity index (χ1v) is 10.2. The maximum Gasteiger partial charge on any atom is 0.433 e. The van der Waals surface area contributed by atoms with Crippen LogP contribution in [0.2, 0.25) is 0 Å². The van der Waals surface area contributed by atoms with Crippen LogP contribution in [-0.2, 0) is 17.6 Å². The fourth-order valence-corrected chi connectivity index (χ4v) is 4.25. The van der Waals surface area contributed by atoms with Crippen molar-refractivity contribution >= 4 is 39.1 Å². The highest BCUT2D eigenvalue weighted by atomic mass is 32.1. The van der Waals surface area contributed by atoms with Crippen molar-refractivity contribution in [3.63, 3.8) is 0 Å². The first-order valence-electron chi connectivity index (χ1n) is 9.42. The van der Waals surface area contributed by atoms with Crippen LogP contribution in [0.5, 0.6) is 0 Å². The lowest BCUT2D eigenvalue weighted by Crippen LogP contribution is -2.17. The van der Waals surface area contributed by atoms with E-state index in [2.05, 4.69) is 15.4 Å². The summed E-state index contributed by atoms with van der Waals surface area (Å²) >= 11 is 0.676. The van der Waals surface area contributed by atoms with Crippen LogP contribution in [0.4, 0.5) is 18.9 Å². The molecule has 0 spiro atoms. The minimum absolute atomic E-state index is 0.0166. The largest absolute Gasteiger partial charge is 0.433 e. The van der Waals surface area contributed by atoms with Gasteiger partial charge in [-0.1, -0.05) is 30.3 Å². The van der Waals surface area contributed by atoms with E-state index < -0.39 is 23.7 Å². The van der Waals surface area contributed by atoms with Gasteiger partial charge in [0.05, 0.1) is 5.69 Å². The summed E-state index contributed by atoms with van der Waals surface area (Å²) < 4.78 is 46.9. The monoisotopic (exact) mass is 475 g/mol. The van der Waals surface area contributed by atoms with Crippen LogP contribution in [0, 0.1) is 0 Å². The summed E-state index contributed by atoms with van der Waals surface area (Å²) in [6.45, 7) is 0.115. The van der Waals surface area contributed by atoms with Gasteiger partial charge in [0.25, 0.3) is 11.8 Å². The molecule has 3 N–H and O–H groups in total. The summed E-state index contributed by atoms with van der Waals surface area (Å²) in [5, 5.41) is 6.83. The molecule has 3 aromatic heterocycles. The first kappa shape index (κ1) is 22.4. The van der Waals surface area contributed by atoms with Crippen molar-refractivity contribution in [3.05, 3.63) is 64.9 Å². The fourth-order valence-electron chi connectivity index (χ4n) is 3.25. The molecule has 0 atom stereocenters.